The van der Waals surface area contributed by atoms with Crippen molar-refractivity contribution in [3.8, 4) is 17.2 Å². The molecular weight excluding hydrogens is 368 g/mol. The summed E-state index contributed by atoms with van der Waals surface area (Å²) in [5, 5.41) is 9.65. The number of fused-ring (bicyclic) bond motifs is 1. The summed E-state index contributed by atoms with van der Waals surface area (Å²) in [7, 11) is 0. The third-order valence-corrected chi connectivity index (χ3v) is 5.43. The maximum atomic E-state index is 11.1. The number of rotatable bonds is 7. The van der Waals surface area contributed by atoms with Gasteiger partial charge in [-0.25, -0.2) is 0 Å². The van der Waals surface area contributed by atoms with Crippen molar-refractivity contribution in [1.29, 1.82) is 0 Å². The summed E-state index contributed by atoms with van der Waals surface area (Å²) in [6, 6.07) is 13.1. The molecule has 0 aromatic heterocycles. The molecular formula is C23H26N2O4. The zero-order valence-electron chi connectivity index (χ0n) is 16.4. The summed E-state index contributed by atoms with van der Waals surface area (Å²) in [5.74, 6) is 1.52. The van der Waals surface area contributed by atoms with Crippen molar-refractivity contribution in [1.82, 2.24) is 4.90 Å². The highest BCUT2D eigenvalue weighted by Crippen LogP contribution is 2.33. The van der Waals surface area contributed by atoms with E-state index < -0.39 is 0 Å². The number of anilines is 1. The van der Waals surface area contributed by atoms with Crippen molar-refractivity contribution in [2.24, 2.45) is 0 Å². The van der Waals surface area contributed by atoms with Crippen LogP contribution in [0.1, 0.15) is 17.9 Å². The molecule has 2 heterocycles. The lowest BCUT2D eigenvalue weighted by Crippen LogP contribution is -2.46. The number of benzene rings is 2. The minimum atomic E-state index is -0.244. The summed E-state index contributed by atoms with van der Waals surface area (Å²) in [6.07, 6.45) is 5.16. The molecule has 0 radical (unpaired) electrons. The molecule has 1 atom stereocenters. The smallest absolute Gasteiger partial charge is 0.134 e. The van der Waals surface area contributed by atoms with Crippen LogP contribution in [0.4, 0.5) is 5.69 Å². The molecule has 6 heteroatoms. The Kier molecular flexibility index (Phi) is 6.00. The average Bonchev–Trinajstić information content (AvgIpc) is 2.76. The molecule has 1 unspecified atom stereocenters. The first-order chi connectivity index (χ1) is 14.2. The Morgan fingerprint density at radius 3 is 2.79 bits per heavy atom. The molecule has 4 rings (SSSR count). The number of ether oxygens (including phenoxy) is 2. The van der Waals surface area contributed by atoms with Gasteiger partial charge in [-0.1, -0.05) is 12.1 Å². The van der Waals surface area contributed by atoms with Gasteiger partial charge in [-0.15, -0.1) is 0 Å². The summed E-state index contributed by atoms with van der Waals surface area (Å²) in [5.41, 5.74) is 1.95. The van der Waals surface area contributed by atoms with Gasteiger partial charge in [0.1, 0.15) is 23.5 Å². The van der Waals surface area contributed by atoms with E-state index in [0.29, 0.717) is 18.1 Å². The van der Waals surface area contributed by atoms with Gasteiger partial charge in [0, 0.05) is 56.1 Å². The number of nitrogens with zero attached hydrogens (tertiary/aromatic N) is 2. The fourth-order valence-electron chi connectivity index (χ4n) is 3.80. The van der Waals surface area contributed by atoms with E-state index >= 15 is 0 Å². The van der Waals surface area contributed by atoms with Gasteiger partial charge < -0.3 is 24.3 Å². The number of carbonyl (C=O) groups excluding carboxylic acids is 1. The summed E-state index contributed by atoms with van der Waals surface area (Å²) in [4.78, 5) is 15.9. The molecule has 1 N–H and O–H groups in total. The fraction of sp³-hybridized carbons (Fsp3) is 0.348. The molecule has 2 aromatic carbocycles. The van der Waals surface area contributed by atoms with E-state index in [1.165, 1.54) is 0 Å². The second-order valence-corrected chi connectivity index (χ2v) is 7.36. The zero-order valence-corrected chi connectivity index (χ0v) is 16.4. The van der Waals surface area contributed by atoms with Crippen LogP contribution < -0.4 is 14.4 Å². The first-order valence-electron chi connectivity index (χ1n) is 10.0. The number of phenols is 1. The number of phenolic OH excluding ortho intramolecular Hbond substituents is 1. The third kappa shape index (κ3) is 4.71. The first-order valence-corrected chi connectivity index (χ1v) is 10.0. The number of piperazine rings is 1. The minimum absolute atomic E-state index is 0.244. The van der Waals surface area contributed by atoms with Crippen LogP contribution >= 0.6 is 0 Å². The second-order valence-electron chi connectivity index (χ2n) is 7.36. The van der Waals surface area contributed by atoms with Gasteiger partial charge in [-0.3, -0.25) is 4.90 Å². The van der Waals surface area contributed by atoms with E-state index in [9.17, 15) is 9.90 Å². The highest BCUT2D eigenvalue weighted by atomic mass is 16.5. The molecule has 0 bridgehead atoms. The largest absolute Gasteiger partial charge is 0.508 e. The highest BCUT2D eigenvalue weighted by molar-refractivity contribution is 5.69. The monoisotopic (exact) mass is 394 g/mol. The Bertz CT molecular complexity index is 875. The quantitative estimate of drug-likeness (QED) is 0.575. The standard InChI is InChI=1S/C23H26N2O4/c26-17-18-7-14-29-23-16-21(5-6-22(18)23)28-13-2-8-24-9-11-25(12-10-24)19-3-1-4-20(27)15-19/h1,3-7,14-18,27H,2,8-13H2. The average molecular weight is 394 g/mol. The van der Waals surface area contributed by atoms with Crippen LogP contribution in [-0.4, -0.2) is 55.6 Å². The van der Waals surface area contributed by atoms with E-state index in [2.05, 4.69) is 9.80 Å². The Morgan fingerprint density at radius 2 is 2.00 bits per heavy atom. The molecule has 1 fully saturated rings. The van der Waals surface area contributed by atoms with Gasteiger partial charge >= 0.3 is 0 Å². The predicted molar refractivity (Wildman–Crippen MR) is 112 cm³/mol. The maximum absolute atomic E-state index is 11.1. The van der Waals surface area contributed by atoms with Gasteiger partial charge in [-0.2, -0.15) is 0 Å². The number of aldehydes is 1. The molecule has 29 heavy (non-hydrogen) atoms. The molecule has 6 nitrogen and oxygen atoms in total. The third-order valence-electron chi connectivity index (χ3n) is 5.43. The molecule has 0 spiro atoms. The lowest BCUT2D eigenvalue weighted by molar-refractivity contribution is -0.108. The van der Waals surface area contributed by atoms with E-state index in [-0.39, 0.29) is 5.92 Å². The predicted octanol–water partition coefficient (Wildman–Crippen LogP) is 3.17. The fourth-order valence-corrected chi connectivity index (χ4v) is 3.80. The van der Waals surface area contributed by atoms with Gasteiger partial charge in [0.05, 0.1) is 18.8 Å². The van der Waals surface area contributed by atoms with Crippen LogP contribution in [0.2, 0.25) is 0 Å². The second kappa shape index (κ2) is 9.01. The molecule has 0 saturated carbocycles. The van der Waals surface area contributed by atoms with Crippen LogP contribution in [-0.2, 0) is 4.79 Å². The van der Waals surface area contributed by atoms with E-state index in [4.69, 9.17) is 9.47 Å². The SMILES string of the molecule is O=CC1C=COc2cc(OCCCN3CCN(c4cccc(O)c4)CC3)ccc21. The summed E-state index contributed by atoms with van der Waals surface area (Å²) < 4.78 is 11.4. The molecule has 0 aliphatic carbocycles. The Labute approximate surface area is 171 Å². The molecule has 2 aliphatic heterocycles. The van der Waals surface area contributed by atoms with Crippen molar-refractivity contribution >= 4 is 12.0 Å². The van der Waals surface area contributed by atoms with E-state index in [0.717, 1.165) is 62.4 Å². The van der Waals surface area contributed by atoms with Crippen molar-refractivity contribution < 1.29 is 19.4 Å². The zero-order chi connectivity index (χ0) is 20.1. The van der Waals surface area contributed by atoms with Crippen LogP contribution in [0.3, 0.4) is 0 Å². The van der Waals surface area contributed by atoms with Crippen LogP contribution in [0, 0.1) is 0 Å². The molecule has 1 saturated heterocycles. The Morgan fingerprint density at radius 1 is 1.14 bits per heavy atom. The van der Waals surface area contributed by atoms with Crippen molar-refractivity contribution in [2.45, 2.75) is 12.3 Å². The summed E-state index contributed by atoms with van der Waals surface area (Å²) in [6.45, 7) is 5.54. The molecule has 2 aromatic rings. The van der Waals surface area contributed by atoms with Crippen LogP contribution in [0.5, 0.6) is 17.2 Å². The van der Waals surface area contributed by atoms with Crippen LogP contribution in [0.25, 0.3) is 0 Å². The number of carbonyl (C=O) groups is 1. The number of allylic oxidation sites excluding steroid dienone is 1. The maximum Gasteiger partial charge on any atom is 0.134 e. The minimum Gasteiger partial charge on any atom is -0.508 e. The lowest BCUT2D eigenvalue weighted by atomic mass is 9.98. The topological polar surface area (TPSA) is 62.2 Å². The number of hydrogen-bond donors (Lipinski definition) is 1. The van der Waals surface area contributed by atoms with Crippen molar-refractivity contribution in [2.75, 3.05) is 44.2 Å². The van der Waals surface area contributed by atoms with Gasteiger partial charge in [0.2, 0.25) is 0 Å². The molecule has 2 aliphatic rings. The normalized spacial score (nSPS) is 18.8. The van der Waals surface area contributed by atoms with E-state index in [1.807, 2.05) is 36.4 Å². The van der Waals surface area contributed by atoms with Gasteiger partial charge in [0.25, 0.3) is 0 Å². The van der Waals surface area contributed by atoms with E-state index in [1.54, 1.807) is 18.4 Å². The highest BCUT2D eigenvalue weighted by Gasteiger charge is 2.18. The Hall–Kier alpha value is -2.99. The van der Waals surface area contributed by atoms with Gasteiger partial charge in [-0.05, 0) is 30.7 Å². The van der Waals surface area contributed by atoms with Gasteiger partial charge in [0.15, 0.2) is 0 Å². The Balaban J connectivity index is 1.20. The van der Waals surface area contributed by atoms with Crippen molar-refractivity contribution in [3.63, 3.8) is 0 Å². The van der Waals surface area contributed by atoms with Crippen LogP contribution in [0.15, 0.2) is 54.8 Å². The first kappa shape index (κ1) is 19.3. The van der Waals surface area contributed by atoms with Crippen molar-refractivity contribution in [3.05, 3.63) is 60.4 Å². The number of aromatic hydroxyl groups is 1. The number of hydrogen-bond acceptors (Lipinski definition) is 6. The molecule has 0 amide bonds. The molecule has 152 valence electrons. The summed E-state index contributed by atoms with van der Waals surface area (Å²) >= 11 is 0. The lowest BCUT2D eigenvalue weighted by Gasteiger charge is -2.36.